The van der Waals surface area contributed by atoms with Crippen LogP contribution in [0, 0.1) is 0 Å². The first-order valence-electron chi connectivity index (χ1n) is 7.24. The monoisotopic (exact) mass is 293 g/mol. The predicted octanol–water partition coefficient (Wildman–Crippen LogP) is 3.12. The van der Waals surface area contributed by atoms with Gasteiger partial charge >= 0.3 is 0 Å². The third-order valence-corrected chi connectivity index (χ3v) is 5.57. The molecule has 0 spiro atoms. The Morgan fingerprint density at radius 3 is 2.65 bits per heavy atom. The summed E-state index contributed by atoms with van der Waals surface area (Å²) in [6.07, 6.45) is 8.59. The molecule has 0 aliphatic heterocycles. The van der Waals surface area contributed by atoms with Gasteiger partial charge in [-0.2, -0.15) is 11.8 Å². The normalized spacial score (nSPS) is 17.6. The van der Waals surface area contributed by atoms with Crippen LogP contribution < -0.4 is 5.32 Å². The Labute approximate surface area is 125 Å². The van der Waals surface area contributed by atoms with Gasteiger partial charge in [-0.25, -0.2) is 0 Å². The van der Waals surface area contributed by atoms with E-state index in [-0.39, 0.29) is 22.8 Å². The van der Waals surface area contributed by atoms with Crippen LogP contribution in [0.1, 0.15) is 37.7 Å². The van der Waals surface area contributed by atoms with E-state index in [4.69, 9.17) is 0 Å². The fourth-order valence-corrected chi connectivity index (χ4v) is 3.72. The van der Waals surface area contributed by atoms with E-state index < -0.39 is 0 Å². The summed E-state index contributed by atoms with van der Waals surface area (Å²) in [6.45, 7) is 0.737. The quantitative estimate of drug-likeness (QED) is 0.877. The highest BCUT2D eigenvalue weighted by atomic mass is 32.2. The molecule has 3 nitrogen and oxygen atoms in total. The SMILES string of the molecule is CSC1(CNC(=O)Cc2ccccc2O)CCCCC1. The highest BCUT2D eigenvalue weighted by Crippen LogP contribution is 2.37. The summed E-state index contributed by atoms with van der Waals surface area (Å²) in [5, 5.41) is 12.7. The number of carbonyl (C=O) groups is 1. The van der Waals surface area contributed by atoms with Gasteiger partial charge in [0.15, 0.2) is 0 Å². The van der Waals surface area contributed by atoms with Gasteiger partial charge in [0.2, 0.25) is 5.91 Å². The van der Waals surface area contributed by atoms with Crippen molar-refractivity contribution < 1.29 is 9.90 Å². The number of carbonyl (C=O) groups excluding carboxylic acids is 1. The van der Waals surface area contributed by atoms with Crippen molar-refractivity contribution in [2.45, 2.75) is 43.3 Å². The number of hydrogen-bond acceptors (Lipinski definition) is 3. The Balaban J connectivity index is 1.87. The molecule has 0 unspecified atom stereocenters. The number of benzene rings is 1. The molecule has 0 heterocycles. The highest BCUT2D eigenvalue weighted by molar-refractivity contribution is 8.00. The van der Waals surface area contributed by atoms with E-state index in [0.29, 0.717) is 5.56 Å². The van der Waals surface area contributed by atoms with Crippen molar-refractivity contribution in [3.8, 4) is 5.75 Å². The van der Waals surface area contributed by atoms with Gasteiger partial charge in [-0.05, 0) is 25.2 Å². The van der Waals surface area contributed by atoms with Gasteiger partial charge < -0.3 is 10.4 Å². The second kappa shape index (κ2) is 7.02. The molecule has 110 valence electrons. The van der Waals surface area contributed by atoms with E-state index in [2.05, 4.69) is 11.6 Å². The molecule has 0 saturated heterocycles. The van der Waals surface area contributed by atoms with E-state index in [1.807, 2.05) is 17.8 Å². The van der Waals surface area contributed by atoms with Crippen molar-refractivity contribution in [3.63, 3.8) is 0 Å². The van der Waals surface area contributed by atoms with E-state index >= 15 is 0 Å². The third-order valence-electron chi connectivity index (χ3n) is 4.15. The highest BCUT2D eigenvalue weighted by Gasteiger charge is 2.31. The van der Waals surface area contributed by atoms with Crippen LogP contribution >= 0.6 is 11.8 Å². The molecule has 0 radical (unpaired) electrons. The Kier molecular flexibility index (Phi) is 5.35. The van der Waals surface area contributed by atoms with E-state index in [9.17, 15) is 9.90 Å². The number of phenolic OH excluding ortho intramolecular Hbond substituents is 1. The van der Waals surface area contributed by atoms with E-state index in [1.54, 1.807) is 18.2 Å². The standard InChI is InChI=1S/C16H23NO2S/c1-20-16(9-5-2-6-10-16)12-17-15(19)11-13-7-3-4-8-14(13)18/h3-4,7-8,18H,2,5-6,9-12H2,1H3,(H,17,19). The van der Waals surface area contributed by atoms with Crippen LogP contribution in [0.3, 0.4) is 0 Å². The second-order valence-electron chi connectivity index (χ2n) is 5.53. The lowest BCUT2D eigenvalue weighted by atomic mass is 9.88. The molecule has 1 saturated carbocycles. The van der Waals surface area contributed by atoms with Crippen molar-refractivity contribution in [2.24, 2.45) is 0 Å². The van der Waals surface area contributed by atoms with Gasteiger partial charge in [0.1, 0.15) is 5.75 Å². The molecule has 1 aromatic carbocycles. The maximum Gasteiger partial charge on any atom is 0.224 e. The van der Waals surface area contributed by atoms with Crippen LogP contribution in [-0.4, -0.2) is 28.6 Å². The number of hydrogen-bond donors (Lipinski definition) is 2. The minimum Gasteiger partial charge on any atom is -0.508 e. The summed E-state index contributed by atoms with van der Waals surface area (Å²) < 4.78 is 0.215. The average Bonchev–Trinajstić information content (AvgIpc) is 2.49. The topological polar surface area (TPSA) is 49.3 Å². The third kappa shape index (κ3) is 3.92. The van der Waals surface area contributed by atoms with Crippen molar-refractivity contribution in [1.29, 1.82) is 0 Å². The first kappa shape index (κ1) is 15.2. The number of phenols is 1. The first-order valence-corrected chi connectivity index (χ1v) is 8.46. The molecule has 1 aromatic rings. The molecule has 2 N–H and O–H groups in total. The number of rotatable bonds is 5. The second-order valence-corrected chi connectivity index (χ2v) is 6.80. The van der Waals surface area contributed by atoms with Crippen molar-refractivity contribution in [3.05, 3.63) is 29.8 Å². The number of amides is 1. The molecular formula is C16H23NO2S. The minimum absolute atomic E-state index is 0.00880. The largest absolute Gasteiger partial charge is 0.508 e. The van der Waals surface area contributed by atoms with Crippen LogP contribution in [0.5, 0.6) is 5.75 Å². The van der Waals surface area contributed by atoms with Crippen LogP contribution in [-0.2, 0) is 11.2 Å². The van der Waals surface area contributed by atoms with Gasteiger partial charge in [0.25, 0.3) is 0 Å². The van der Waals surface area contributed by atoms with Crippen LogP contribution in [0.25, 0.3) is 0 Å². The van der Waals surface area contributed by atoms with E-state index in [1.165, 1.54) is 32.1 Å². The summed E-state index contributed by atoms with van der Waals surface area (Å²) in [6, 6.07) is 7.02. The van der Waals surface area contributed by atoms with Gasteiger partial charge in [0, 0.05) is 16.9 Å². The van der Waals surface area contributed by atoms with Gasteiger partial charge in [-0.15, -0.1) is 0 Å². The summed E-state index contributed by atoms with van der Waals surface area (Å²) in [4.78, 5) is 12.0. The van der Waals surface area contributed by atoms with Crippen molar-refractivity contribution in [2.75, 3.05) is 12.8 Å². The fourth-order valence-electron chi connectivity index (χ4n) is 2.80. The number of para-hydroxylation sites is 1. The van der Waals surface area contributed by atoms with E-state index in [0.717, 1.165) is 6.54 Å². The van der Waals surface area contributed by atoms with Crippen LogP contribution in [0.4, 0.5) is 0 Å². The summed E-state index contributed by atoms with van der Waals surface area (Å²) in [7, 11) is 0. The maximum absolute atomic E-state index is 12.0. The summed E-state index contributed by atoms with van der Waals surface area (Å²) >= 11 is 1.88. The van der Waals surface area contributed by atoms with Gasteiger partial charge in [0.05, 0.1) is 6.42 Å². The molecule has 4 heteroatoms. The Hall–Kier alpha value is -1.16. The zero-order valence-corrected chi connectivity index (χ0v) is 12.8. The number of nitrogens with one attached hydrogen (secondary N) is 1. The summed E-state index contributed by atoms with van der Waals surface area (Å²) in [5.41, 5.74) is 0.687. The van der Waals surface area contributed by atoms with Crippen LogP contribution in [0.15, 0.2) is 24.3 Å². The molecule has 0 bridgehead atoms. The zero-order chi connectivity index (χ0) is 14.4. The van der Waals surface area contributed by atoms with Gasteiger partial charge in [-0.3, -0.25) is 4.79 Å². The maximum atomic E-state index is 12.0. The fraction of sp³-hybridized carbons (Fsp3) is 0.562. The average molecular weight is 293 g/mol. The molecule has 2 rings (SSSR count). The lowest BCUT2D eigenvalue weighted by Gasteiger charge is -2.35. The summed E-state index contributed by atoms with van der Waals surface area (Å²) in [5.74, 6) is 0.186. The number of aromatic hydroxyl groups is 1. The lowest BCUT2D eigenvalue weighted by molar-refractivity contribution is -0.120. The van der Waals surface area contributed by atoms with Crippen molar-refractivity contribution in [1.82, 2.24) is 5.32 Å². The molecule has 1 aliphatic carbocycles. The zero-order valence-electron chi connectivity index (χ0n) is 12.0. The van der Waals surface area contributed by atoms with Crippen molar-refractivity contribution >= 4 is 17.7 Å². The molecule has 1 aliphatic rings. The Bertz CT molecular complexity index is 456. The minimum atomic E-state index is -0.00880. The molecule has 1 amide bonds. The molecule has 20 heavy (non-hydrogen) atoms. The smallest absolute Gasteiger partial charge is 0.224 e. The molecule has 1 fully saturated rings. The number of thioether (sulfide) groups is 1. The molecule has 0 aromatic heterocycles. The Morgan fingerprint density at radius 2 is 2.00 bits per heavy atom. The lowest BCUT2D eigenvalue weighted by Crippen LogP contribution is -2.42. The first-order chi connectivity index (χ1) is 9.65. The molecule has 0 atom stereocenters. The predicted molar refractivity (Wildman–Crippen MR) is 84.2 cm³/mol. The van der Waals surface area contributed by atoms with Gasteiger partial charge in [-0.1, -0.05) is 37.5 Å². The Morgan fingerprint density at radius 1 is 1.30 bits per heavy atom. The van der Waals surface area contributed by atoms with Crippen LogP contribution in [0.2, 0.25) is 0 Å². The molecular weight excluding hydrogens is 270 g/mol.